The number of imidazole rings is 1. The molecule has 27 heavy (non-hydrogen) atoms. The molecule has 3 aromatic rings. The molecule has 0 radical (unpaired) electrons. The molecule has 3 rings (SSSR count). The van der Waals surface area contributed by atoms with Crippen LogP contribution in [0.2, 0.25) is 5.04 Å². The molecule has 142 valence electrons. The molecule has 0 atom stereocenters. The maximum atomic E-state index is 9.71. The number of aromatic nitrogens is 2. The molecule has 1 heterocycles. The van der Waals surface area contributed by atoms with Gasteiger partial charge in [0.15, 0.2) is 0 Å². The average molecular weight is 381 g/mol. The molecule has 2 aromatic carbocycles. The Labute approximate surface area is 162 Å². The molecule has 0 saturated heterocycles. The number of benzene rings is 2. The first-order valence-electron chi connectivity index (χ1n) is 9.25. The first-order valence-corrected chi connectivity index (χ1v) is 11.2. The van der Waals surface area contributed by atoms with Gasteiger partial charge < -0.3 is 14.1 Å². The first kappa shape index (κ1) is 19.5. The highest BCUT2D eigenvalue weighted by Crippen LogP contribution is 2.37. The number of rotatable bonds is 6. The largest absolute Gasteiger partial charge is 0.401 e. The summed E-state index contributed by atoms with van der Waals surface area (Å²) in [6, 6.07) is 21.1. The van der Waals surface area contributed by atoms with Crippen molar-refractivity contribution in [1.82, 2.24) is 9.55 Å². The van der Waals surface area contributed by atoms with Gasteiger partial charge in [-0.15, -0.1) is 0 Å². The molecule has 5 heteroatoms. The highest BCUT2D eigenvalue weighted by atomic mass is 28.4. The lowest BCUT2D eigenvalue weighted by atomic mass is 10.2. The van der Waals surface area contributed by atoms with Crippen molar-refractivity contribution in [1.29, 1.82) is 0 Å². The van der Waals surface area contributed by atoms with Crippen LogP contribution < -0.4 is 10.4 Å². The second kappa shape index (κ2) is 7.80. The lowest BCUT2D eigenvalue weighted by Gasteiger charge is -2.43. The molecule has 0 spiro atoms. The van der Waals surface area contributed by atoms with Crippen LogP contribution in [0.4, 0.5) is 0 Å². The van der Waals surface area contributed by atoms with E-state index < -0.39 is 8.32 Å². The zero-order valence-corrected chi connectivity index (χ0v) is 17.5. The van der Waals surface area contributed by atoms with Crippen molar-refractivity contribution in [3.05, 3.63) is 78.4 Å². The Kier molecular flexibility index (Phi) is 5.65. The van der Waals surface area contributed by atoms with Crippen molar-refractivity contribution < 1.29 is 9.53 Å². The van der Waals surface area contributed by atoms with Crippen LogP contribution in [0.5, 0.6) is 0 Å². The number of aryl methyl sites for hydroxylation is 1. The van der Waals surface area contributed by atoms with E-state index in [0.29, 0.717) is 6.61 Å². The predicted octanol–water partition coefficient (Wildman–Crippen LogP) is 2.99. The quantitative estimate of drug-likeness (QED) is 0.669. The molecule has 0 unspecified atom stereocenters. The summed E-state index contributed by atoms with van der Waals surface area (Å²) >= 11 is 0. The van der Waals surface area contributed by atoms with Crippen molar-refractivity contribution in [2.45, 2.75) is 39.0 Å². The van der Waals surface area contributed by atoms with Crippen LogP contribution in [0.25, 0.3) is 0 Å². The Morgan fingerprint density at radius 2 is 1.48 bits per heavy atom. The molecule has 0 bridgehead atoms. The predicted molar refractivity (Wildman–Crippen MR) is 112 cm³/mol. The van der Waals surface area contributed by atoms with Crippen molar-refractivity contribution in [2.24, 2.45) is 7.05 Å². The molecular formula is C22H28N2O2Si. The second-order valence-electron chi connectivity index (χ2n) is 7.86. The van der Waals surface area contributed by atoms with Gasteiger partial charge in [0.1, 0.15) is 0 Å². The van der Waals surface area contributed by atoms with Gasteiger partial charge in [0.2, 0.25) is 0 Å². The maximum Gasteiger partial charge on any atom is 0.261 e. The molecular weight excluding hydrogens is 352 g/mol. The van der Waals surface area contributed by atoms with Gasteiger partial charge in [-0.1, -0.05) is 81.4 Å². The number of hydrogen-bond donors (Lipinski definition) is 1. The third-order valence-corrected chi connectivity index (χ3v) is 10.1. The minimum Gasteiger partial charge on any atom is -0.401 e. The summed E-state index contributed by atoms with van der Waals surface area (Å²) in [6.45, 7) is 7.10. The summed E-state index contributed by atoms with van der Waals surface area (Å²) < 4.78 is 8.71. The van der Waals surface area contributed by atoms with Crippen LogP contribution in [0.3, 0.4) is 0 Å². The van der Waals surface area contributed by atoms with E-state index >= 15 is 0 Å². The van der Waals surface area contributed by atoms with Crippen molar-refractivity contribution in [3.63, 3.8) is 0 Å². The van der Waals surface area contributed by atoms with Crippen LogP contribution in [0.1, 0.15) is 32.2 Å². The Hall–Kier alpha value is -2.21. The highest BCUT2D eigenvalue weighted by molar-refractivity contribution is 6.99. The summed E-state index contributed by atoms with van der Waals surface area (Å²) in [4.78, 5) is 4.46. The van der Waals surface area contributed by atoms with Crippen LogP contribution in [-0.2, 0) is 24.7 Å². The van der Waals surface area contributed by atoms with E-state index in [0.717, 1.165) is 11.4 Å². The summed E-state index contributed by atoms with van der Waals surface area (Å²) in [5.74, 6) is 0. The molecule has 0 saturated carbocycles. The number of aliphatic hydroxyl groups is 1. The van der Waals surface area contributed by atoms with Gasteiger partial charge in [0, 0.05) is 7.05 Å². The number of hydrogen-bond acceptors (Lipinski definition) is 3. The fourth-order valence-corrected chi connectivity index (χ4v) is 8.27. The Morgan fingerprint density at radius 1 is 0.963 bits per heavy atom. The standard InChI is InChI=1S/C22H28N2O2Si/c1-22(2,3)27(18-11-7-5-8-12-18,19-13-9-6-10-14-19)26-16-20-21(15-25)24(4)17-23-20/h5-14,17,25H,15-16H2,1-4H3. The minimum atomic E-state index is -2.59. The summed E-state index contributed by atoms with van der Waals surface area (Å²) in [7, 11) is -0.696. The molecule has 1 aromatic heterocycles. The van der Waals surface area contributed by atoms with Gasteiger partial charge in [-0.3, -0.25) is 0 Å². The zero-order chi connectivity index (χ0) is 19.5. The van der Waals surface area contributed by atoms with Crippen molar-refractivity contribution in [2.75, 3.05) is 0 Å². The molecule has 0 aliphatic carbocycles. The number of nitrogens with zero attached hydrogens (tertiary/aromatic N) is 2. The van der Waals surface area contributed by atoms with E-state index in [4.69, 9.17) is 4.43 Å². The normalized spacial score (nSPS) is 12.3. The smallest absolute Gasteiger partial charge is 0.261 e. The average Bonchev–Trinajstić information content (AvgIpc) is 3.02. The minimum absolute atomic E-state index is 0.0457. The van der Waals surface area contributed by atoms with Gasteiger partial charge in [-0.25, -0.2) is 4.98 Å². The monoisotopic (exact) mass is 380 g/mol. The van der Waals surface area contributed by atoms with Crippen molar-refractivity contribution >= 4 is 18.7 Å². The fraction of sp³-hybridized carbons (Fsp3) is 0.318. The first-order chi connectivity index (χ1) is 12.9. The number of aliphatic hydroxyl groups excluding tert-OH is 1. The maximum absolute atomic E-state index is 9.71. The van der Waals surface area contributed by atoms with Gasteiger partial charge in [-0.05, 0) is 15.4 Å². The van der Waals surface area contributed by atoms with E-state index in [1.807, 2.05) is 23.7 Å². The summed E-state index contributed by atoms with van der Waals surface area (Å²) in [6.07, 6.45) is 1.73. The van der Waals surface area contributed by atoms with Gasteiger partial charge in [0.25, 0.3) is 8.32 Å². The van der Waals surface area contributed by atoms with Crippen LogP contribution >= 0.6 is 0 Å². The van der Waals surface area contributed by atoms with Gasteiger partial charge in [0.05, 0.1) is 30.9 Å². The summed E-state index contributed by atoms with van der Waals surface area (Å²) in [5.41, 5.74) is 1.60. The third-order valence-electron chi connectivity index (χ3n) is 5.14. The second-order valence-corrected chi connectivity index (χ2v) is 12.2. The van der Waals surface area contributed by atoms with E-state index in [1.54, 1.807) is 6.33 Å². The summed E-state index contributed by atoms with van der Waals surface area (Å²) in [5, 5.41) is 12.1. The van der Waals surface area contributed by atoms with Crippen LogP contribution in [0.15, 0.2) is 67.0 Å². The Bertz CT molecular complexity index is 831. The van der Waals surface area contributed by atoms with Gasteiger partial charge >= 0.3 is 0 Å². The van der Waals surface area contributed by atoms with Crippen molar-refractivity contribution in [3.8, 4) is 0 Å². The van der Waals surface area contributed by atoms with Gasteiger partial charge in [-0.2, -0.15) is 0 Å². The lowest BCUT2D eigenvalue weighted by molar-refractivity contribution is 0.255. The zero-order valence-electron chi connectivity index (χ0n) is 16.5. The molecule has 1 N–H and O–H groups in total. The van der Waals surface area contributed by atoms with E-state index in [-0.39, 0.29) is 11.6 Å². The highest BCUT2D eigenvalue weighted by Gasteiger charge is 2.50. The SMILES string of the molecule is Cn1cnc(CO[Si](c2ccccc2)(c2ccccc2)C(C)(C)C)c1CO. The molecule has 0 fully saturated rings. The third kappa shape index (κ3) is 3.63. The van der Waals surface area contributed by atoms with E-state index in [1.165, 1.54) is 10.4 Å². The molecule has 0 aliphatic heterocycles. The fourth-order valence-electron chi connectivity index (χ4n) is 3.77. The van der Waals surface area contributed by atoms with Crippen LogP contribution in [0, 0.1) is 0 Å². The van der Waals surface area contributed by atoms with E-state index in [9.17, 15) is 5.11 Å². The molecule has 0 aliphatic rings. The Balaban J connectivity index is 2.12. The topological polar surface area (TPSA) is 47.3 Å². The molecule has 0 amide bonds. The Morgan fingerprint density at radius 3 is 1.93 bits per heavy atom. The van der Waals surface area contributed by atoms with Crippen LogP contribution in [-0.4, -0.2) is 23.0 Å². The van der Waals surface area contributed by atoms with E-state index in [2.05, 4.69) is 74.3 Å². The molecule has 4 nitrogen and oxygen atoms in total. The lowest BCUT2D eigenvalue weighted by Crippen LogP contribution is -2.66.